The van der Waals surface area contributed by atoms with E-state index in [-0.39, 0.29) is 23.3 Å². The largest absolute Gasteiger partial charge is 0.347 e. The number of fused-ring (bicyclic) bond motifs is 1. The van der Waals surface area contributed by atoms with Gasteiger partial charge in [0.15, 0.2) is 0 Å². The summed E-state index contributed by atoms with van der Waals surface area (Å²) in [5.41, 5.74) is 4.16. The van der Waals surface area contributed by atoms with Crippen molar-refractivity contribution in [1.29, 1.82) is 0 Å². The number of aromatic amines is 1. The summed E-state index contributed by atoms with van der Waals surface area (Å²) in [6.07, 6.45) is 12.8. The highest BCUT2D eigenvalue weighted by molar-refractivity contribution is 5.96. The second-order valence-electron chi connectivity index (χ2n) is 12.6. The predicted octanol–water partition coefficient (Wildman–Crippen LogP) is 7.47. The molecule has 1 aromatic heterocycles. The molecule has 4 aliphatic rings. The van der Waals surface area contributed by atoms with Crippen LogP contribution in [0, 0.1) is 23.7 Å². The van der Waals surface area contributed by atoms with E-state index in [1.54, 1.807) is 0 Å². The number of aromatic nitrogens is 2. The van der Waals surface area contributed by atoms with Gasteiger partial charge in [-0.1, -0.05) is 45.2 Å². The maximum atomic E-state index is 13.2. The fourth-order valence-corrected chi connectivity index (χ4v) is 7.98. The van der Waals surface area contributed by atoms with Crippen molar-refractivity contribution in [2.24, 2.45) is 23.7 Å². The normalized spacial score (nSPS) is 26.1. The first-order chi connectivity index (χ1) is 18.9. The molecule has 0 saturated heterocycles. The Labute approximate surface area is 231 Å². The molecule has 2 aromatic carbocycles. The molecule has 0 spiro atoms. The Bertz CT molecular complexity index is 1310. The van der Waals surface area contributed by atoms with Gasteiger partial charge in [-0.25, -0.2) is 4.98 Å². The van der Waals surface area contributed by atoms with Crippen LogP contribution in [0.4, 0.5) is 5.69 Å². The van der Waals surface area contributed by atoms with Gasteiger partial charge in [0.1, 0.15) is 5.82 Å². The Morgan fingerprint density at radius 1 is 0.974 bits per heavy atom. The number of benzene rings is 2. The third kappa shape index (κ3) is 5.48. The zero-order valence-electron chi connectivity index (χ0n) is 23.4. The molecule has 1 atom stereocenters. The molecule has 0 aliphatic heterocycles. The summed E-state index contributed by atoms with van der Waals surface area (Å²) < 4.78 is 0. The zero-order chi connectivity index (χ0) is 27.0. The SMILES string of the molecule is CCCCCC(CC)C(=O)Nc1ccc2[nH]c(-c3ccc(C(=O)NC45CC6CC(CC(C6)C4)C5)cc3)nc2c1. The molecule has 39 heavy (non-hydrogen) atoms. The first-order valence-electron chi connectivity index (χ1n) is 15.2. The van der Waals surface area contributed by atoms with E-state index in [0.717, 1.165) is 90.8 Å². The van der Waals surface area contributed by atoms with E-state index < -0.39 is 0 Å². The highest BCUT2D eigenvalue weighted by Crippen LogP contribution is 2.55. The van der Waals surface area contributed by atoms with Crippen LogP contribution >= 0.6 is 0 Å². The average Bonchev–Trinajstić information content (AvgIpc) is 3.34. The highest BCUT2D eigenvalue weighted by atomic mass is 16.2. The number of amides is 2. The van der Waals surface area contributed by atoms with Gasteiger partial charge in [0.2, 0.25) is 5.91 Å². The molecule has 4 saturated carbocycles. The number of nitrogens with one attached hydrogen (secondary N) is 3. The lowest BCUT2D eigenvalue weighted by molar-refractivity contribution is -0.120. The quantitative estimate of drug-likeness (QED) is 0.239. The lowest BCUT2D eigenvalue weighted by atomic mass is 9.53. The lowest BCUT2D eigenvalue weighted by Gasteiger charge is -2.56. The third-order valence-corrected chi connectivity index (χ3v) is 9.61. The van der Waals surface area contributed by atoms with Crippen LogP contribution in [0.2, 0.25) is 0 Å². The number of nitrogens with zero attached hydrogens (tertiary/aromatic N) is 1. The Kier molecular flexibility index (Phi) is 7.22. The molecule has 1 unspecified atom stereocenters. The Balaban J connectivity index is 1.11. The average molecular weight is 527 g/mol. The highest BCUT2D eigenvalue weighted by Gasteiger charge is 2.51. The van der Waals surface area contributed by atoms with Crippen molar-refractivity contribution in [2.45, 2.75) is 90.0 Å². The maximum absolute atomic E-state index is 13.2. The van der Waals surface area contributed by atoms with Crippen molar-refractivity contribution < 1.29 is 9.59 Å². The van der Waals surface area contributed by atoms with Crippen LogP contribution in [0.15, 0.2) is 42.5 Å². The number of carbonyl (C=O) groups excluding carboxylic acids is 2. The van der Waals surface area contributed by atoms with Crippen molar-refractivity contribution >= 4 is 28.5 Å². The summed E-state index contributed by atoms with van der Waals surface area (Å²) in [5, 5.41) is 6.57. The van der Waals surface area contributed by atoms with Gasteiger partial charge >= 0.3 is 0 Å². The third-order valence-electron chi connectivity index (χ3n) is 9.61. The van der Waals surface area contributed by atoms with Crippen molar-refractivity contribution in [2.75, 3.05) is 5.32 Å². The van der Waals surface area contributed by atoms with Gasteiger partial charge in [-0.05, 0) is 99.5 Å². The second kappa shape index (κ2) is 10.8. The number of H-pyrrole nitrogens is 1. The molecular formula is C33H42N4O2. The summed E-state index contributed by atoms with van der Waals surface area (Å²) in [4.78, 5) is 34.2. The number of rotatable bonds is 10. The van der Waals surface area contributed by atoms with Gasteiger partial charge in [-0.15, -0.1) is 0 Å². The van der Waals surface area contributed by atoms with Crippen LogP contribution in [0.5, 0.6) is 0 Å². The fourth-order valence-electron chi connectivity index (χ4n) is 7.98. The Morgan fingerprint density at radius 2 is 1.67 bits per heavy atom. The fraction of sp³-hybridized carbons (Fsp3) is 0.545. The molecule has 6 nitrogen and oxygen atoms in total. The molecule has 2 amide bonds. The first kappa shape index (κ1) is 26.1. The van der Waals surface area contributed by atoms with Gasteiger partial charge in [-0.2, -0.15) is 0 Å². The van der Waals surface area contributed by atoms with E-state index in [4.69, 9.17) is 4.98 Å². The Hall–Kier alpha value is -3.15. The molecule has 3 N–H and O–H groups in total. The van der Waals surface area contributed by atoms with Crippen LogP contribution in [0.3, 0.4) is 0 Å². The lowest BCUT2D eigenvalue weighted by Crippen LogP contribution is -2.59. The minimum atomic E-state index is 0.0169. The van der Waals surface area contributed by atoms with Crippen molar-refractivity contribution in [3.63, 3.8) is 0 Å². The molecule has 3 aromatic rings. The van der Waals surface area contributed by atoms with Crippen LogP contribution in [-0.4, -0.2) is 27.3 Å². The zero-order valence-corrected chi connectivity index (χ0v) is 23.4. The van der Waals surface area contributed by atoms with Gasteiger partial charge in [0.05, 0.1) is 11.0 Å². The monoisotopic (exact) mass is 526 g/mol. The molecular weight excluding hydrogens is 484 g/mol. The van der Waals surface area contributed by atoms with Gasteiger partial charge in [0.25, 0.3) is 5.91 Å². The number of anilines is 1. The van der Waals surface area contributed by atoms with E-state index in [1.165, 1.54) is 25.7 Å². The van der Waals surface area contributed by atoms with Crippen molar-refractivity contribution in [3.05, 3.63) is 48.0 Å². The summed E-state index contributed by atoms with van der Waals surface area (Å²) in [6, 6.07) is 13.6. The smallest absolute Gasteiger partial charge is 0.251 e. The van der Waals surface area contributed by atoms with E-state index in [1.807, 2.05) is 42.5 Å². The standard InChI is InChI=1S/C33H42N4O2/c1-3-5-6-7-24(4-2)31(38)34-27-12-13-28-29(17-27)36-30(35-28)25-8-10-26(11-9-25)32(39)37-33-18-21-14-22(19-33)16-23(15-21)20-33/h8-13,17,21-24H,3-7,14-16,18-20H2,1-2H3,(H,34,38)(H,35,36)(H,37,39). The number of hydrogen-bond acceptors (Lipinski definition) is 3. The number of unbranched alkanes of at least 4 members (excludes halogenated alkanes) is 2. The Morgan fingerprint density at radius 3 is 2.31 bits per heavy atom. The molecule has 1 heterocycles. The summed E-state index contributed by atoms with van der Waals surface area (Å²) >= 11 is 0. The molecule has 7 rings (SSSR count). The van der Waals surface area contributed by atoms with Crippen LogP contribution in [0.1, 0.15) is 94.8 Å². The van der Waals surface area contributed by atoms with E-state index in [9.17, 15) is 9.59 Å². The molecule has 4 bridgehead atoms. The van der Waals surface area contributed by atoms with Crippen LogP contribution in [-0.2, 0) is 4.79 Å². The minimum absolute atomic E-state index is 0.0169. The molecule has 4 aliphatic carbocycles. The van der Waals surface area contributed by atoms with Crippen molar-refractivity contribution in [1.82, 2.24) is 15.3 Å². The number of hydrogen-bond donors (Lipinski definition) is 3. The first-order valence-corrected chi connectivity index (χ1v) is 15.2. The van der Waals surface area contributed by atoms with Gasteiger partial charge in [0, 0.05) is 28.3 Å². The van der Waals surface area contributed by atoms with E-state index in [0.29, 0.717) is 5.56 Å². The molecule has 4 fully saturated rings. The summed E-state index contributed by atoms with van der Waals surface area (Å²) in [5.74, 6) is 3.35. The maximum Gasteiger partial charge on any atom is 0.251 e. The van der Waals surface area contributed by atoms with Gasteiger partial charge < -0.3 is 15.6 Å². The summed E-state index contributed by atoms with van der Waals surface area (Å²) in [7, 11) is 0. The van der Waals surface area contributed by atoms with Gasteiger partial charge in [-0.3, -0.25) is 9.59 Å². The van der Waals surface area contributed by atoms with E-state index >= 15 is 0 Å². The minimum Gasteiger partial charge on any atom is -0.347 e. The molecule has 206 valence electrons. The van der Waals surface area contributed by atoms with Crippen LogP contribution in [0.25, 0.3) is 22.4 Å². The molecule has 6 heteroatoms. The topological polar surface area (TPSA) is 86.9 Å². The van der Waals surface area contributed by atoms with E-state index in [2.05, 4.69) is 29.5 Å². The van der Waals surface area contributed by atoms with Crippen LogP contribution < -0.4 is 10.6 Å². The predicted molar refractivity (Wildman–Crippen MR) is 156 cm³/mol. The number of carbonyl (C=O) groups is 2. The molecule has 0 radical (unpaired) electrons. The second-order valence-corrected chi connectivity index (χ2v) is 12.6. The summed E-state index contributed by atoms with van der Waals surface area (Å²) in [6.45, 7) is 4.26. The number of imidazole rings is 1. The van der Waals surface area contributed by atoms with Crippen molar-refractivity contribution in [3.8, 4) is 11.4 Å².